The third-order valence-corrected chi connectivity index (χ3v) is 6.18. The first-order chi connectivity index (χ1) is 16.6. The number of aryl methyl sites for hydroxylation is 1. The molecule has 2 aromatic carbocycles. The van der Waals surface area contributed by atoms with Crippen molar-refractivity contribution in [1.29, 1.82) is 0 Å². The molecule has 182 valence electrons. The summed E-state index contributed by atoms with van der Waals surface area (Å²) >= 11 is 0. The summed E-state index contributed by atoms with van der Waals surface area (Å²) in [5.41, 5.74) is 4.71. The van der Waals surface area contributed by atoms with Gasteiger partial charge in [-0.05, 0) is 67.8 Å². The van der Waals surface area contributed by atoms with E-state index in [9.17, 15) is 4.79 Å². The van der Waals surface area contributed by atoms with E-state index >= 15 is 0 Å². The molecular weight excluding hydrogens is 422 g/mol. The highest BCUT2D eigenvalue weighted by Crippen LogP contribution is 2.26. The van der Waals surface area contributed by atoms with Gasteiger partial charge in [-0.3, -0.25) is 0 Å². The van der Waals surface area contributed by atoms with Crippen molar-refractivity contribution in [2.45, 2.75) is 78.4 Å². The van der Waals surface area contributed by atoms with Gasteiger partial charge in [0.05, 0.1) is 6.61 Å². The van der Waals surface area contributed by atoms with Crippen molar-refractivity contribution in [3.63, 3.8) is 0 Å². The van der Waals surface area contributed by atoms with E-state index in [0.717, 1.165) is 17.7 Å². The fraction of sp³-hybridized carbons (Fsp3) is 0.433. The van der Waals surface area contributed by atoms with Crippen molar-refractivity contribution in [3.05, 3.63) is 78.0 Å². The molecule has 0 aliphatic carbocycles. The van der Waals surface area contributed by atoms with Crippen LogP contribution >= 0.6 is 0 Å². The largest absolute Gasteiger partial charge is 0.478 e. The number of aromatic nitrogens is 1. The van der Waals surface area contributed by atoms with Gasteiger partial charge in [0.15, 0.2) is 6.10 Å². The van der Waals surface area contributed by atoms with Crippen molar-refractivity contribution < 1.29 is 14.3 Å². The van der Waals surface area contributed by atoms with Crippen LogP contribution in [0, 0.1) is 6.92 Å². The minimum absolute atomic E-state index is 0.334. The van der Waals surface area contributed by atoms with E-state index in [1.54, 1.807) is 0 Å². The standard InChI is InChI=1S/C30H39NO3/c1-4-6-7-8-9-13-22-31-24(3)16-21-28(31)26-17-19-27(20-18-26)34-29(30(32)33-5-2)23-25-14-11-10-12-15-25/h10-12,14-21,29H,4-9,13,22-23H2,1-3H3/t29-/m1/s1. The molecule has 0 spiro atoms. The van der Waals surface area contributed by atoms with E-state index in [1.165, 1.54) is 49.9 Å². The minimum Gasteiger partial charge on any atom is -0.478 e. The second-order valence-electron chi connectivity index (χ2n) is 8.85. The summed E-state index contributed by atoms with van der Waals surface area (Å²) < 4.78 is 13.8. The number of carbonyl (C=O) groups is 1. The second kappa shape index (κ2) is 13.6. The maximum absolute atomic E-state index is 12.5. The molecule has 1 aromatic heterocycles. The first-order valence-corrected chi connectivity index (χ1v) is 12.8. The fourth-order valence-corrected chi connectivity index (χ4v) is 4.27. The van der Waals surface area contributed by atoms with E-state index in [-0.39, 0.29) is 5.97 Å². The van der Waals surface area contributed by atoms with Gasteiger partial charge in [0.25, 0.3) is 0 Å². The quantitative estimate of drug-likeness (QED) is 0.186. The van der Waals surface area contributed by atoms with Gasteiger partial charge in [0.2, 0.25) is 0 Å². The molecular formula is C30H39NO3. The van der Waals surface area contributed by atoms with Crippen LogP contribution in [0.2, 0.25) is 0 Å². The molecule has 0 aliphatic heterocycles. The number of unbranched alkanes of at least 4 members (excludes halogenated alkanes) is 5. The molecule has 0 amide bonds. The van der Waals surface area contributed by atoms with E-state index in [0.29, 0.717) is 18.8 Å². The van der Waals surface area contributed by atoms with Gasteiger partial charge in [-0.2, -0.15) is 0 Å². The Labute approximate surface area is 204 Å². The molecule has 4 heteroatoms. The average molecular weight is 462 g/mol. The second-order valence-corrected chi connectivity index (χ2v) is 8.85. The van der Waals surface area contributed by atoms with Crippen molar-refractivity contribution in [2.75, 3.05) is 6.61 Å². The maximum atomic E-state index is 12.5. The van der Waals surface area contributed by atoms with E-state index in [4.69, 9.17) is 9.47 Å². The highest BCUT2D eigenvalue weighted by atomic mass is 16.6. The Morgan fingerprint density at radius 1 is 0.853 bits per heavy atom. The molecule has 4 nitrogen and oxygen atoms in total. The molecule has 0 radical (unpaired) electrons. The molecule has 1 heterocycles. The summed E-state index contributed by atoms with van der Waals surface area (Å²) in [5.74, 6) is 0.336. The average Bonchev–Trinajstić information content (AvgIpc) is 3.22. The van der Waals surface area contributed by atoms with Crippen molar-refractivity contribution in [3.8, 4) is 17.0 Å². The van der Waals surface area contributed by atoms with Crippen molar-refractivity contribution >= 4 is 5.97 Å². The van der Waals surface area contributed by atoms with E-state index < -0.39 is 6.10 Å². The summed E-state index contributed by atoms with van der Waals surface area (Å²) in [6, 6.07) is 22.3. The lowest BCUT2D eigenvalue weighted by molar-refractivity contribution is -0.151. The van der Waals surface area contributed by atoms with Crippen molar-refractivity contribution in [1.82, 2.24) is 4.57 Å². The molecule has 34 heavy (non-hydrogen) atoms. The third kappa shape index (κ3) is 7.51. The van der Waals surface area contributed by atoms with Crippen LogP contribution in [0.25, 0.3) is 11.3 Å². The van der Waals surface area contributed by atoms with Crippen LogP contribution in [0.5, 0.6) is 5.75 Å². The molecule has 0 saturated carbocycles. The number of rotatable bonds is 14. The Kier molecular flexibility index (Phi) is 10.3. The van der Waals surface area contributed by atoms with Gasteiger partial charge in [-0.15, -0.1) is 0 Å². The van der Waals surface area contributed by atoms with Crippen LogP contribution in [0.3, 0.4) is 0 Å². The molecule has 3 aromatic rings. The number of hydrogen-bond donors (Lipinski definition) is 0. The fourth-order valence-electron chi connectivity index (χ4n) is 4.27. The third-order valence-electron chi connectivity index (χ3n) is 6.18. The van der Waals surface area contributed by atoms with E-state index in [2.05, 4.69) is 42.7 Å². The molecule has 0 aliphatic rings. The summed E-state index contributed by atoms with van der Waals surface area (Å²) in [5, 5.41) is 0. The first-order valence-electron chi connectivity index (χ1n) is 12.8. The Morgan fingerprint density at radius 3 is 2.26 bits per heavy atom. The van der Waals surface area contributed by atoms with Crippen LogP contribution < -0.4 is 4.74 Å². The first kappa shape index (κ1) is 25.6. The van der Waals surface area contributed by atoms with E-state index in [1.807, 2.05) is 49.4 Å². The van der Waals surface area contributed by atoms with Crippen LogP contribution in [0.4, 0.5) is 0 Å². The van der Waals surface area contributed by atoms with Crippen LogP contribution in [-0.4, -0.2) is 23.2 Å². The lowest BCUT2D eigenvalue weighted by atomic mass is 10.1. The summed E-state index contributed by atoms with van der Waals surface area (Å²) in [6.07, 6.45) is 7.56. The maximum Gasteiger partial charge on any atom is 0.347 e. The number of hydrogen-bond acceptors (Lipinski definition) is 3. The van der Waals surface area contributed by atoms with Gasteiger partial charge >= 0.3 is 5.97 Å². The molecule has 0 unspecified atom stereocenters. The molecule has 0 fully saturated rings. The monoisotopic (exact) mass is 461 g/mol. The van der Waals surface area contributed by atoms with Crippen molar-refractivity contribution in [2.24, 2.45) is 0 Å². The Hall–Kier alpha value is -3.01. The van der Waals surface area contributed by atoms with Gasteiger partial charge in [0, 0.05) is 24.4 Å². The van der Waals surface area contributed by atoms with Gasteiger partial charge < -0.3 is 14.0 Å². The number of carbonyl (C=O) groups excluding carboxylic acids is 1. The summed E-state index contributed by atoms with van der Waals surface area (Å²) in [7, 11) is 0. The number of nitrogens with zero attached hydrogens (tertiary/aromatic N) is 1. The van der Waals surface area contributed by atoms with Gasteiger partial charge in [0.1, 0.15) is 5.75 Å². The predicted octanol–water partition coefficient (Wildman–Crippen LogP) is 7.38. The number of ether oxygens (including phenoxy) is 2. The molecule has 1 atom stereocenters. The van der Waals surface area contributed by atoms with Gasteiger partial charge in [-0.1, -0.05) is 69.4 Å². The molecule has 0 bridgehead atoms. The molecule has 0 N–H and O–H groups in total. The zero-order chi connectivity index (χ0) is 24.2. The normalized spacial score (nSPS) is 11.9. The number of esters is 1. The smallest absolute Gasteiger partial charge is 0.347 e. The topological polar surface area (TPSA) is 40.5 Å². The Balaban J connectivity index is 1.66. The lowest BCUT2D eigenvalue weighted by Gasteiger charge is -2.18. The van der Waals surface area contributed by atoms with Crippen LogP contribution in [-0.2, 0) is 22.5 Å². The zero-order valence-electron chi connectivity index (χ0n) is 21.0. The minimum atomic E-state index is -0.674. The van der Waals surface area contributed by atoms with Crippen LogP contribution in [0.1, 0.15) is 63.6 Å². The molecule has 3 rings (SSSR count). The Bertz CT molecular complexity index is 992. The predicted molar refractivity (Wildman–Crippen MR) is 139 cm³/mol. The highest BCUT2D eigenvalue weighted by molar-refractivity contribution is 5.75. The zero-order valence-corrected chi connectivity index (χ0v) is 21.0. The SMILES string of the molecule is CCCCCCCCn1c(C)ccc1-c1ccc(O[C@H](Cc2ccccc2)C(=O)OCC)cc1. The Morgan fingerprint density at radius 2 is 1.56 bits per heavy atom. The summed E-state index contributed by atoms with van der Waals surface area (Å²) in [6.45, 7) is 7.62. The number of benzene rings is 2. The highest BCUT2D eigenvalue weighted by Gasteiger charge is 2.22. The van der Waals surface area contributed by atoms with Gasteiger partial charge in [-0.25, -0.2) is 4.79 Å². The lowest BCUT2D eigenvalue weighted by Crippen LogP contribution is -2.31. The van der Waals surface area contributed by atoms with Crippen LogP contribution in [0.15, 0.2) is 66.7 Å². The molecule has 0 saturated heterocycles. The summed E-state index contributed by atoms with van der Waals surface area (Å²) in [4.78, 5) is 12.5.